The number of nitrogen functional groups attached to an aromatic ring is 1. The highest BCUT2D eigenvalue weighted by Crippen LogP contribution is 2.29. The Labute approximate surface area is 105 Å². The molecule has 1 fully saturated rings. The van der Waals surface area contributed by atoms with Gasteiger partial charge in [-0.25, -0.2) is 0 Å². The molecule has 94 valence electrons. The van der Waals surface area contributed by atoms with E-state index in [9.17, 15) is 4.79 Å². The summed E-state index contributed by atoms with van der Waals surface area (Å²) in [5.74, 6) is 0.173. The molecule has 1 amide bonds. The van der Waals surface area contributed by atoms with Crippen LogP contribution in [0.2, 0.25) is 0 Å². The van der Waals surface area contributed by atoms with Crippen molar-refractivity contribution in [3.8, 4) is 0 Å². The zero-order valence-corrected chi connectivity index (χ0v) is 10.2. The molecule has 6 nitrogen and oxygen atoms in total. The number of hydrogen-bond donors (Lipinski definition) is 1. The normalized spacial score (nSPS) is 18.8. The molecular weight excluding hydrogens is 230 g/mol. The molecule has 1 saturated heterocycles. The van der Waals surface area contributed by atoms with Crippen LogP contribution in [0.1, 0.15) is 12.0 Å². The number of aryl methyl sites for hydroxylation is 1. The predicted molar refractivity (Wildman–Crippen MR) is 70.1 cm³/mol. The first kappa shape index (κ1) is 12.3. The number of nitrogens with two attached hydrogens (primary N) is 1. The lowest BCUT2D eigenvalue weighted by Gasteiger charge is -2.19. The van der Waals surface area contributed by atoms with Gasteiger partial charge in [0.2, 0.25) is 5.91 Å². The van der Waals surface area contributed by atoms with Crippen LogP contribution in [0.15, 0.2) is 23.3 Å². The Bertz CT molecular complexity index is 521. The van der Waals surface area contributed by atoms with Gasteiger partial charge in [0.1, 0.15) is 0 Å². The van der Waals surface area contributed by atoms with Gasteiger partial charge in [0.05, 0.1) is 0 Å². The van der Waals surface area contributed by atoms with Crippen LogP contribution in [0, 0.1) is 12.8 Å². The first-order valence-electron chi connectivity index (χ1n) is 5.79. The van der Waals surface area contributed by atoms with Crippen molar-refractivity contribution in [2.24, 2.45) is 11.0 Å². The van der Waals surface area contributed by atoms with Crippen molar-refractivity contribution >= 4 is 17.3 Å². The van der Waals surface area contributed by atoms with E-state index in [0.29, 0.717) is 25.2 Å². The van der Waals surface area contributed by atoms with Crippen LogP contribution in [-0.4, -0.2) is 19.0 Å². The lowest BCUT2D eigenvalue weighted by molar-refractivity contribution is -0.117. The van der Waals surface area contributed by atoms with E-state index in [2.05, 4.69) is 10.0 Å². The van der Waals surface area contributed by atoms with Crippen molar-refractivity contribution in [2.75, 3.05) is 23.7 Å². The fourth-order valence-electron chi connectivity index (χ4n) is 2.27. The van der Waals surface area contributed by atoms with E-state index in [1.54, 1.807) is 11.0 Å². The highest BCUT2D eigenvalue weighted by molar-refractivity contribution is 5.96. The number of hydrogen-bond acceptors (Lipinski definition) is 3. The third kappa shape index (κ3) is 2.38. The molecule has 0 saturated carbocycles. The molecule has 0 radical (unpaired) electrons. The molecule has 1 aliphatic rings. The summed E-state index contributed by atoms with van der Waals surface area (Å²) in [5, 5.41) is 3.53. The van der Waals surface area contributed by atoms with E-state index < -0.39 is 0 Å². The molecule has 1 heterocycles. The van der Waals surface area contributed by atoms with Crippen LogP contribution < -0.4 is 10.6 Å². The highest BCUT2D eigenvalue weighted by Gasteiger charge is 2.30. The van der Waals surface area contributed by atoms with Gasteiger partial charge < -0.3 is 10.6 Å². The quantitative estimate of drug-likeness (QED) is 0.382. The number of nitrogens with zero attached hydrogens (tertiary/aromatic N) is 4. The van der Waals surface area contributed by atoms with Gasteiger partial charge in [-0.3, -0.25) is 4.79 Å². The molecule has 18 heavy (non-hydrogen) atoms. The molecule has 2 N–H and O–H groups in total. The van der Waals surface area contributed by atoms with E-state index in [1.807, 2.05) is 19.1 Å². The van der Waals surface area contributed by atoms with E-state index in [0.717, 1.165) is 11.3 Å². The molecule has 6 heteroatoms. The van der Waals surface area contributed by atoms with Crippen molar-refractivity contribution in [2.45, 2.75) is 13.3 Å². The van der Waals surface area contributed by atoms with Crippen molar-refractivity contribution in [1.82, 2.24) is 0 Å². The molecule has 1 atom stereocenters. The summed E-state index contributed by atoms with van der Waals surface area (Å²) < 4.78 is 0. The summed E-state index contributed by atoms with van der Waals surface area (Å²) in [7, 11) is 0. The molecular formula is C12H15N5O. The fraction of sp³-hybridized carbons (Fsp3) is 0.417. The Hall–Kier alpha value is -2.20. The fourth-order valence-corrected chi connectivity index (χ4v) is 2.27. The predicted octanol–water partition coefficient (Wildman–Crippen LogP) is 2.24. The van der Waals surface area contributed by atoms with E-state index in [-0.39, 0.29) is 11.8 Å². The van der Waals surface area contributed by atoms with Crippen molar-refractivity contribution in [3.05, 3.63) is 34.2 Å². The SMILES string of the molecule is Cc1cc(N)ccc1N1CC(CN=[N+]=[N-])CC1=O. The molecule has 0 bridgehead atoms. The van der Waals surface area contributed by atoms with Crippen molar-refractivity contribution in [3.63, 3.8) is 0 Å². The molecule has 1 aromatic rings. The number of azide groups is 1. The molecule has 0 aromatic heterocycles. The average molecular weight is 245 g/mol. The number of carbonyl (C=O) groups excluding carboxylic acids is 1. The van der Waals surface area contributed by atoms with Crippen LogP contribution in [0.25, 0.3) is 10.4 Å². The number of carbonyl (C=O) groups is 1. The van der Waals surface area contributed by atoms with Gasteiger partial charge >= 0.3 is 0 Å². The Morgan fingerprint density at radius 2 is 2.39 bits per heavy atom. The van der Waals surface area contributed by atoms with Crippen molar-refractivity contribution in [1.29, 1.82) is 0 Å². The Morgan fingerprint density at radius 1 is 1.61 bits per heavy atom. The Kier molecular flexibility index (Phi) is 3.39. The minimum atomic E-state index is 0.0704. The lowest BCUT2D eigenvalue weighted by atomic mass is 10.1. The third-order valence-corrected chi connectivity index (χ3v) is 3.12. The van der Waals surface area contributed by atoms with Gasteiger partial charge in [-0.2, -0.15) is 0 Å². The summed E-state index contributed by atoms with van der Waals surface area (Å²) in [5.41, 5.74) is 16.5. The molecule has 1 unspecified atom stereocenters. The molecule has 1 aliphatic heterocycles. The second-order valence-electron chi connectivity index (χ2n) is 4.53. The standard InChI is InChI=1S/C12H15N5O/c1-8-4-10(13)2-3-11(8)17-7-9(5-12(17)18)6-15-16-14/h2-4,9H,5-7,13H2,1H3. The maximum Gasteiger partial charge on any atom is 0.227 e. The van der Waals surface area contributed by atoms with Crippen LogP contribution in [0.5, 0.6) is 0 Å². The molecule has 0 spiro atoms. The summed E-state index contributed by atoms with van der Waals surface area (Å²) in [4.78, 5) is 16.4. The highest BCUT2D eigenvalue weighted by atomic mass is 16.2. The summed E-state index contributed by atoms with van der Waals surface area (Å²) in [6.45, 7) is 2.90. The zero-order chi connectivity index (χ0) is 13.1. The van der Waals surface area contributed by atoms with Gasteiger partial charge in [-0.1, -0.05) is 5.11 Å². The molecule has 2 rings (SSSR count). The minimum Gasteiger partial charge on any atom is -0.399 e. The maximum atomic E-state index is 11.9. The first-order valence-corrected chi connectivity index (χ1v) is 5.79. The molecule has 0 aliphatic carbocycles. The number of amides is 1. The maximum absolute atomic E-state index is 11.9. The monoisotopic (exact) mass is 245 g/mol. The summed E-state index contributed by atoms with van der Waals surface area (Å²) >= 11 is 0. The van der Waals surface area contributed by atoms with E-state index >= 15 is 0 Å². The van der Waals surface area contributed by atoms with Gasteiger partial charge in [0.25, 0.3) is 0 Å². The van der Waals surface area contributed by atoms with Gasteiger partial charge in [-0.05, 0) is 42.1 Å². The van der Waals surface area contributed by atoms with Crippen LogP contribution >= 0.6 is 0 Å². The second kappa shape index (κ2) is 4.98. The van der Waals surface area contributed by atoms with Crippen molar-refractivity contribution < 1.29 is 4.79 Å². The number of rotatable bonds is 3. The minimum absolute atomic E-state index is 0.0704. The largest absolute Gasteiger partial charge is 0.399 e. The van der Waals surface area contributed by atoms with Crippen LogP contribution in [0.3, 0.4) is 0 Å². The second-order valence-corrected chi connectivity index (χ2v) is 4.53. The number of anilines is 2. The average Bonchev–Trinajstić information content (AvgIpc) is 2.68. The van der Waals surface area contributed by atoms with Crippen LogP contribution in [0.4, 0.5) is 11.4 Å². The summed E-state index contributed by atoms with van der Waals surface area (Å²) in [6, 6.07) is 5.50. The smallest absolute Gasteiger partial charge is 0.227 e. The Morgan fingerprint density at radius 3 is 3.06 bits per heavy atom. The van der Waals surface area contributed by atoms with E-state index in [4.69, 9.17) is 11.3 Å². The zero-order valence-electron chi connectivity index (χ0n) is 10.2. The topological polar surface area (TPSA) is 95.1 Å². The van der Waals surface area contributed by atoms with Gasteiger partial charge in [0.15, 0.2) is 0 Å². The van der Waals surface area contributed by atoms with E-state index in [1.165, 1.54) is 0 Å². The Balaban J connectivity index is 2.18. The summed E-state index contributed by atoms with van der Waals surface area (Å²) in [6.07, 6.45) is 0.433. The van der Waals surface area contributed by atoms with Crippen LogP contribution in [-0.2, 0) is 4.79 Å². The lowest BCUT2D eigenvalue weighted by Crippen LogP contribution is -2.25. The number of benzene rings is 1. The third-order valence-electron chi connectivity index (χ3n) is 3.12. The van der Waals surface area contributed by atoms with Gasteiger partial charge in [-0.15, -0.1) is 0 Å². The first-order chi connectivity index (χ1) is 8.61. The molecule has 1 aromatic carbocycles. The van der Waals surface area contributed by atoms with Gasteiger partial charge in [0, 0.05) is 35.8 Å².